The molecule has 2 aliphatic rings. The van der Waals surface area contributed by atoms with E-state index in [9.17, 15) is 4.79 Å². The molecule has 7 heteroatoms. The topological polar surface area (TPSA) is 54.0 Å². The zero-order valence-electron chi connectivity index (χ0n) is 14.3. The van der Waals surface area contributed by atoms with Gasteiger partial charge in [-0.25, -0.2) is 0 Å². The van der Waals surface area contributed by atoms with Crippen LogP contribution < -0.4 is 14.8 Å². The van der Waals surface area contributed by atoms with Crippen LogP contribution in [0.2, 0.25) is 5.02 Å². The number of fused-ring (bicyclic) bond motifs is 1. The summed E-state index contributed by atoms with van der Waals surface area (Å²) in [6.07, 6.45) is 1.22. The quantitative estimate of drug-likeness (QED) is 0.876. The lowest BCUT2D eigenvalue weighted by atomic mass is 10.1. The van der Waals surface area contributed by atoms with Crippen molar-refractivity contribution in [1.82, 2.24) is 9.80 Å². The zero-order chi connectivity index (χ0) is 17.3. The first kappa shape index (κ1) is 17.3. The second kappa shape index (κ2) is 7.17. The number of carbonyl (C=O) groups excluding carboxylic acids is 1. The van der Waals surface area contributed by atoms with Gasteiger partial charge in [-0.2, -0.15) is 0 Å². The van der Waals surface area contributed by atoms with Crippen molar-refractivity contribution in [1.29, 1.82) is 0 Å². The molecule has 2 fully saturated rings. The van der Waals surface area contributed by atoms with Gasteiger partial charge < -0.3 is 19.7 Å². The van der Waals surface area contributed by atoms with E-state index in [-0.39, 0.29) is 5.91 Å². The molecule has 0 aromatic heterocycles. The first-order valence-electron chi connectivity index (χ1n) is 8.15. The van der Waals surface area contributed by atoms with Crippen LogP contribution in [0.4, 0.5) is 5.69 Å². The van der Waals surface area contributed by atoms with Gasteiger partial charge in [0.15, 0.2) is 0 Å². The van der Waals surface area contributed by atoms with Crippen molar-refractivity contribution >= 4 is 23.2 Å². The minimum absolute atomic E-state index is 0.0582. The maximum Gasteiger partial charge on any atom is 0.238 e. The van der Waals surface area contributed by atoms with Gasteiger partial charge in [-0.3, -0.25) is 9.69 Å². The predicted octanol–water partition coefficient (Wildman–Crippen LogP) is 1.93. The molecule has 1 aromatic carbocycles. The normalized spacial score (nSPS) is 24.0. The maximum absolute atomic E-state index is 12.4. The SMILES string of the molecule is COc1cc(OC)c(NC(=O)CN2C[C@@H]3CCN(C)[C@@H]3C2)cc1Cl. The molecule has 6 nitrogen and oxygen atoms in total. The Morgan fingerprint density at radius 3 is 2.71 bits per heavy atom. The molecule has 0 spiro atoms. The summed E-state index contributed by atoms with van der Waals surface area (Å²) in [5.41, 5.74) is 0.560. The van der Waals surface area contributed by atoms with Gasteiger partial charge in [0.25, 0.3) is 0 Å². The molecule has 0 unspecified atom stereocenters. The van der Waals surface area contributed by atoms with Crippen molar-refractivity contribution in [2.45, 2.75) is 12.5 Å². The van der Waals surface area contributed by atoms with Crippen LogP contribution in [0.25, 0.3) is 0 Å². The average molecular weight is 354 g/mol. The highest BCUT2D eigenvalue weighted by atomic mass is 35.5. The molecule has 1 N–H and O–H groups in total. The van der Waals surface area contributed by atoms with Gasteiger partial charge in [-0.1, -0.05) is 11.6 Å². The van der Waals surface area contributed by atoms with Crippen LogP contribution >= 0.6 is 11.6 Å². The third-order valence-corrected chi connectivity index (χ3v) is 5.31. The summed E-state index contributed by atoms with van der Waals surface area (Å²) in [6.45, 7) is 3.49. The number of hydrogen-bond donors (Lipinski definition) is 1. The summed E-state index contributed by atoms with van der Waals surface area (Å²) in [5, 5.41) is 3.33. The van der Waals surface area contributed by atoms with Crippen LogP contribution in [0.1, 0.15) is 6.42 Å². The fraction of sp³-hybridized carbons (Fsp3) is 0.588. The molecule has 3 rings (SSSR count). The number of rotatable bonds is 5. The van der Waals surface area contributed by atoms with Crippen molar-refractivity contribution in [3.05, 3.63) is 17.2 Å². The van der Waals surface area contributed by atoms with Gasteiger partial charge in [0.2, 0.25) is 5.91 Å². The molecule has 2 aliphatic heterocycles. The Labute approximate surface area is 147 Å². The van der Waals surface area contributed by atoms with Crippen LogP contribution in [0, 0.1) is 5.92 Å². The first-order valence-corrected chi connectivity index (χ1v) is 8.53. The van der Waals surface area contributed by atoms with Crippen molar-refractivity contribution < 1.29 is 14.3 Å². The molecule has 132 valence electrons. The van der Waals surface area contributed by atoms with Crippen molar-refractivity contribution in [2.24, 2.45) is 5.92 Å². The number of halogens is 1. The largest absolute Gasteiger partial charge is 0.495 e. The van der Waals surface area contributed by atoms with Crippen molar-refractivity contribution in [3.8, 4) is 11.5 Å². The van der Waals surface area contributed by atoms with Crippen LogP contribution in [0.15, 0.2) is 12.1 Å². The number of nitrogens with zero attached hydrogens (tertiary/aromatic N) is 2. The van der Waals surface area contributed by atoms with Crippen LogP contribution in [0.5, 0.6) is 11.5 Å². The lowest BCUT2D eigenvalue weighted by Gasteiger charge is -2.20. The zero-order valence-corrected chi connectivity index (χ0v) is 15.1. The maximum atomic E-state index is 12.4. The molecule has 1 amide bonds. The van der Waals surface area contributed by atoms with Gasteiger partial charge in [0.05, 0.1) is 31.5 Å². The number of nitrogens with one attached hydrogen (secondary N) is 1. The Kier molecular flexibility index (Phi) is 5.18. The van der Waals surface area contributed by atoms with Crippen LogP contribution in [-0.2, 0) is 4.79 Å². The molecule has 2 atom stereocenters. The smallest absolute Gasteiger partial charge is 0.238 e. The number of carbonyl (C=O) groups is 1. The summed E-state index contributed by atoms with van der Waals surface area (Å²) >= 11 is 6.15. The van der Waals surface area contributed by atoms with E-state index in [1.165, 1.54) is 6.42 Å². The minimum atomic E-state index is -0.0582. The molecule has 0 radical (unpaired) electrons. The van der Waals surface area contributed by atoms with Gasteiger partial charge in [-0.05, 0) is 32.0 Å². The highest BCUT2D eigenvalue weighted by Gasteiger charge is 2.39. The van der Waals surface area contributed by atoms with E-state index in [1.807, 2.05) is 0 Å². The Morgan fingerprint density at radius 2 is 2.04 bits per heavy atom. The second-order valence-electron chi connectivity index (χ2n) is 6.53. The Morgan fingerprint density at radius 1 is 1.29 bits per heavy atom. The number of amides is 1. The van der Waals surface area contributed by atoms with Gasteiger partial charge >= 0.3 is 0 Å². The van der Waals surface area contributed by atoms with Crippen LogP contribution in [0.3, 0.4) is 0 Å². The van der Waals surface area contributed by atoms with E-state index < -0.39 is 0 Å². The predicted molar refractivity (Wildman–Crippen MR) is 94.2 cm³/mol. The van der Waals surface area contributed by atoms with E-state index in [0.717, 1.165) is 19.6 Å². The van der Waals surface area contributed by atoms with Crippen molar-refractivity contribution in [2.75, 3.05) is 52.8 Å². The van der Waals surface area contributed by atoms with Gasteiger partial charge in [-0.15, -0.1) is 0 Å². The van der Waals surface area contributed by atoms with Gasteiger partial charge in [0, 0.05) is 25.2 Å². The Hall–Kier alpha value is -1.50. The fourth-order valence-corrected chi connectivity index (χ4v) is 3.98. The third kappa shape index (κ3) is 3.45. The summed E-state index contributed by atoms with van der Waals surface area (Å²) < 4.78 is 10.5. The van der Waals surface area contributed by atoms with Crippen LogP contribution in [-0.4, -0.2) is 69.2 Å². The number of benzene rings is 1. The first-order chi connectivity index (χ1) is 11.5. The second-order valence-corrected chi connectivity index (χ2v) is 6.93. The molecule has 24 heavy (non-hydrogen) atoms. The van der Waals surface area contributed by atoms with E-state index in [0.29, 0.717) is 40.7 Å². The Balaban J connectivity index is 1.62. The molecular formula is C17H24ClN3O3. The Bertz CT molecular complexity index is 625. The summed E-state index contributed by atoms with van der Waals surface area (Å²) in [7, 11) is 5.26. The number of ether oxygens (including phenoxy) is 2. The lowest BCUT2D eigenvalue weighted by molar-refractivity contribution is -0.117. The summed E-state index contributed by atoms with van der Waals surface area (Å²) in [4.78, 5) is 17.0. The van der Waals surface area contributed by atoms with E-state index in [2.05, 4.69) is 22.2 Å². The average Bonchev–Trinajstić information content (AvgIpc) is 3.09. The summed E-state index contributed by atoms with van der Waals surface area (Å²) in [5.74, 6) is 1.68. The fourth-order valence-electron chi connectivity index (χ4n) is 3.74. The number of anilines is 1. The molecule has 2 saturated heterocycles. The molecule has 0 aliphatic carbocycles. The molecule has 0 bridgehead atoms. The number of likely N-dealkylation sites (tertiary alicyclic amines) is 2. The monoisotopic (exact) mass is 353 g/mol. The lowest BCUT2D eigenvalue weighted by Crippen LogP contribution is -2.36. The van der Waals surface area contributed by atoms with E-state index >= 15 is 0 Å². The highest BCUT2D eigenvalue weighted by molar-refractivity contribution is 6.32. The molecule has 1 aromatic rings. The van der Waals surface area contributed by atoms with Crippen molar-refractivity contribution in [3.63, 3.8) is 0 Å². The van der Waals surface area contributed by atoms with E-state index in [4.69, 9.17) is 21.1 Å². The van der Waals surface area contributed by atoms with Gasteiger partial charge in [0.1, 0.15) is 11.5 Å². The number of methoxy groups -OCH3 is 2. The number of hydrogen-bond acceptors (Lipinski definition) is 5. The third-order valence-electron chi connectivity index (χ3n) is 5.02. The summed E-state index contributed by atoms with van der Waals surface area (Å²) in [6, 6.07) is 3.92. The molecular weight excluding hydrogens is 330 g/mol. The number of likely N-dealkylation sites (N-methyl/N-ethyl adjacent to an activating group) is 1. The standard InChI is InChI=1S/C17H24ClN3O3/c1-20-5-4-11-8-21(9-14(11)20)10-17(22)19-13-6-12(18)15(23-2)7-16(13)24-3/h6-7,11,14H,4-5,8-10H2,1-3H3,(H,19,22)/t11-,14+/m0/s1. The van der Waals surface area contributed by atoms with E-state index in [1.54, 1.807) is 26.4 Å². The highest BCUT2D eigenvalue weighted by Crippen LogP contribution is 2.36. The molecule has 2 heterocycles. The minimum Gasteiger partial charge on any atom is -0.495 e. The molecule has 0 saturated carbocycles.